The Labute approximate surface area is 175 Å². The lowest BCUT2D eigenvalue weighted by Gasteiger charge is -2.35. The van der Waals surface area contributed by atoms with Crippen LogP contribution in [0, 0.1) is 17.3 Å². The Balaban J connectivity index is 2.61. The summed E-state index contributed by atoms with van der Waals surface area (Å²) in [6.07, 6.45) is -2.39. The molecule has 0 saturated carbocycles. The number of nitrogens with one attached hydrogen (secondary N) is 2. The van der Waals surface area contributed by atoms with Crippen LogP contribution in [0.15, 0.2) is 24.3 Å². The van der Waals surface area contributed by atoms with Crippen LogP contribution in [0.25, 0.3) is 0 Å². The van der Waals surface area contributed by atoms with Gasteiger partial charge in [-0.3, -0.25) is 19.6 Å². The number of benzene rings is 1. The molecule has 0 radical (unpaired) electrons. The molecule has 0 saturated heterocycles. The summed E-state index contributed by atoms with van der Waals surface area (Å²) < 4.78 is 0. The summed E-state index contributed by atoms with van der Waals surface area (Å²) >= 11 is 5.78. The lowest BCUT2D eigenvalue weighted by molar-refractivity contribution is -0.196. The summed E-state index contributed by atoms with van der Waals surface area (Å²) in [4.78, 5) is 36.2. The number of aliphatic hydroxyl groups is 1. The maximum Gasteiger partial charge on any atom is 0.276 e. The van der Waals surface area contributed by atoms with Crippen molar-refractivity contribution in [3.63, 3.8) is 0 Å². The minimum Gasteiger partial charge on any atom is -0.383 e. The predicted octanol–water partition coefficient (Wildman–Crippen LogP) is 0.937. The second-order valence-corrected chi connectivity index (χ2v) is 7.81. The molecule has 0 unspecified atom stereocenters. The normalized spacial score (nSPS) is 12.8. The van der Waals surface area contributed by atoms with Crippen LogP contribution in [0.2, 0.25) is 5.02 Å². The standard InChI is InChI=1S/C20H26ClN3O5/c1-20(2,3)17(18(27)22-4)24(29)19(28)15(25)12-16(26)23-11-5-6-13-7-9-14(21)10-8-13/h7-10,15,17,25,29H,11-12H2,1-4H3,(H,22,27)(H,23,26)/t15-,17+/m0/s1. The number of nitrogens with zero attached hydrogens (tertiary/aromatic N) is 1. The average Bonchev–Trinajstić information content (AvgIpc) is 2.64. The van der Waals surface area contributed by atoms with E-state index in [1.165, 1.54) is 7.05 Å². The van der Waals surface area contributed by atoms with Gasteiger partial charge in [0.05, 0.1) is 13.0 Å². The Morgan fingerprint density at radius 1 is 1.21 bits per heavy atom. The first kappa shape index (κ1) is 24.4. The predicted molar refractivity (Wildman–Crippen MR) is 108 cm³/mol. The van der Waals surface area contributed by atoms with Crippen LogP contribution in [0.4, 0.5) is 0 Å². The van der Waals surface area contributed by atoms with Gasteiger partial charge in [0.1, 0.15) is 12.1 Å². The molecule has 0 aliphatic rings. The van der Waals surface area contributed by atoms with Gasteiger partial charge in [-0.25, -0.2) is 5.06 Å². The molecule has 8 nitrogen and oxygen atoms in total. The fourth-order valence-electron chi connectivity index (χ4n) is 2.45. The molecule has 0 aliphatic heterocycles. The second kappa shape index (κ2) is 10.8. The number of carbonyl (C=O) groups is 3. The summed E-state index contributed by atoms with van der Waals surface area (Å²) in [6.45, 7) is 4.97. The molecule has 1 aromatic carbocycles. The van der Waals surface area contributed by atoms with Crippen molar-refractivity contribution in [1.82, 2.24) is 15.7 Å². The number of halogens is 1. The molecule has 0 bridgehead atoms. The number of hydrogen-bond donors (Lipinski definition) is 4. The van der Waals surface area contributed by atoms with Gasteiger partial charge in [0, 0.05) is 17.6 Å². The van der Waals surface area contributed by atoms with Crippen molar-refractivity contribution in [2.45, 2.75) is 39.3 Å². The van der Waals surface area contributed by atoms with Crippen molar-refractivity contribution < 1.29 is 24.7 Å². The summed E-state index contributed by atoms with van der Waals surface area (Å²) in [7, 11) is 1.37. The molecule has 0 heterocycles. The molecular formula is C20H26ClN3O5. The number of amides is 3. The van der Waals surface area contributed by atoms with E-state index in [1.807, 2.05) is 0 Å². The van der Waals surface area contributed by atoms with Gasteiger partial charge in [-0.1, -0.05) is 44.2 Å². The number of hydrogen-bond acceptors (Lipinski definition) is 5. The smallest absolute Gasteiger partial charge is 0.276 e. The van der Waals surface area contributed by atoms with E-state index in [1.54, 1.807) is 45.0 Å². The molecular weight excluding hydrogens is 398 g/mol. The van der Waals surface area contributed by atoms with Gasteiger partial charge < -0.3 is 15.7 Å². The fraction of sp³-hybridized carbons (Fsp3) is 0.450. The number of hydroxylamine groups is 2. The maximum absolute atomic E-state index is 12.3. The Hall–Kier alpha value is -2.60. The van der Waals surface area contributed by atoms with Crippen LogP contribution >= 0.6 is 11.6 Å². The number of aliphatic hydroxyl groups excluding tert-OH is 1. The van der Waals surface area contributed by atoms with E-state index < -0.39 is 41.7 Å². The van der Waals surface area contributed by atoms with Crippen molar-refractivity contribution in [3.8, 4) is 11.8 Å². The van der Waals surface area contributed by atoms with Gasteiger partial charge in [0.2, 0.25) is 11.8 Å². The lowest BCUT2D eigenvalue weighted by Crippen LogP contribution is -2.56. The Morgan fingerprint density at radius 2 is 1.79 bits per heavy atom. The van der Waals surface area contributed by atoms with Crippen molar-refractivity contribution in [2.75, 3.05) is 13.6 Å². The van der Waals surface area contributed by atoms with Gasteiger partial charge in [0.15, 0.2) is 0 Å². The van der Waals surface area contributed by atoms with Crippen LogP contribution < -0.4 is 10.6 Å². The summed E-state index contributed by atoms with van der Waals surface area (Å²) in [6, 6.07) is 5.61. The first-order valence-electron chi connectivity index (χ1n) is 8.90. The summed E-state index contributed by atoms with van der Waals surface area (Å²) in [5.74, 6) is 3.19. The van der Waals surface area contributed by atoms with Crippen LogP contribution in [0.5, 0.6) is 0 Å². The van der Waals surface area contributed by atoms with E-state index in [-0.39, 0.29) is 11.6 Å². The molecule has 1 rings (SSSR count). The molecule has 9 heteroatoms. The minimum absolute atomic E-state index is 0.00800. The molecule has 4 N–H and O–H groups in total. The van der Waals surface area contributed by atoms with Gasteiger partial charge in [0.25, 0.3) is 5.91 Å². The molecule has 1 aromatic rings. The molecule has 0 aromatic heterocycles. The zero-order valence-electron chi connectivity index (χ0n) is 16.8. The van der Waals surface area contributed by atoms with Crippen molar-refractivity contribution in [1.29, 1.82) is 0 Å². The summed E-state index contributed by atoms with van der Waals surface area (Å²) in [5, 5.41) is 25.7. The first-order valence-corrected chi connectivity index (χ1v) is 9.28. The highest BCUT2D eigenvalue weighted by Crippen LogP contribution is 2.24. The monoisotopic (exact) mass is 423 g/mol. The van der Waals surface area contributed by atoms with E-state index in [0.717, 1.165) is 5.56 Å². The number of carbonyl (C=O) groups excluding carboxylic acids is 3. The van der Waals surface area contributed by atoms with Gasteiger partial charge in [-0.2, -0.15) is 0 Å². The molecule has 0 spiro atoms. The zero-order chi connectivity index (χ0) is 22.2. The third-order valence-electron chi connectivity index (χ3n) is 3.90. The second-order valence-electron chi connectivity index (χ2n) is 7.37. The van der Waals surface area contributed by atoms with Crippen LogP contribution in [0.1, 0.15) is 32.8 Å². The summed E-state index contributed by atoms with van der Waals surface area (Å²) in [5.41, 5.74) is -0.0822. The number of rotatable bonds is 6. The van der Waals surface area contributed by atoms with E-state index in [9.17, 15) is 24.7 Å². The molecule has 2 atom stereocenters. The van der Waals surface area contributed by atoms with Crippen molar-refractivity contribution >= 4 is 29.3 Å². The zero-order valence-corrected chi connectivity index (χ0v) is 17.6. The first-order chi connectivity index (χ1) is 13.5. The average molecular weight is 424 g/mol. The highest BCUT2D eigenvalue weighted by molar-refractivity contribution is 6.30. The molecule has 0 fully saturated rings. The van der Waals surface area contributed by atoms with Crippen LogP contribution in [0.3, 0.4) is 0 Å². The third-order valence-corrected chi connectivity index (χ3v) is 4.15. The van der Waals surface area contributed by atoms with E-state index in [0.29, 0.717) is 5.02 Å². The maximum atomic E-state index is 12.3. The minimum atomic E-state index is -1.81. The van der Waals surface area contributed by atoms with E-state index in [2.05, 4.69) is 22.5 Å². The molecule has 158 valence electrons. The van der Waals surface area contributed by atoms with Crippen LogP contribution in [-0.2, 0) is 14.4 Å². The Morgan fingerprint density at radius 3 is 2.31 bits per heavy atom. The SMILES string of the molecule is CNC(=O)[C@@H](N(O)C(=O)[C@@H](O)CC(=O)NCC#Cc1ccc(Cl)cc1)C(C)(C)C. The topological polar surface area (TPSA) is 119 Å². The van der Waals surface area contributed by atoms with Crippen molar-refractivity contribution in [3.05, 3.63) is 34.9 Å². The lowest BCUT2D eigenvalue weighted by atomic mass is 9.85. The Bertz CT molecular complexity index is 793. The largest absolute Gasteiger partial charge is 0.383 e. The quantitative estimate of drug-likeness (QED) is 0.308. The molecule has 3 amide bonds. The van der Waals surface area contributed by atoms with Gasteiger partial charge >= 0.3 is 0 Å². The fourth-order valence-corrected chi connectivity index (χ4v) is 2.57. The van der Waals surface area contributed by atoms with E-state index >= 15 is 0 Å². The highest BCUT2D eigenvalue weighted by atomic mass is 35.5. The van der Waals surface area contributed by atoms with Gasteiger partial charge in [-0.15, -0.1) is 0 Å². The van der Waals surface area contributed by atoms with E-state index in [4.69, 9.17) is 11.6 Å². The molecule has 29 heavy (non-hydrogen) atoms. The van der Waals surface area contributed by atoms with Crippen molar-refractivity contribution in [2.24, 2.45) is 5.41 Å². The molecule has 0 aliphatic carbocycles. The number of likely N-dealkylation sites (N-methyl/N-ethyl adjacent to an activating group) is 1. The van der Waals surface area contributed by atoms with Gasteiger partial charge in [-0.05, 0) is 29.7 Å². The Kier molecular flexibility index (Phi) is 9.11. The third kappa shape index (κ3) is 7.74. The highest BCUT2D eigenvalue weighted by Gasteiger charge is 2.40. The van der Waals surface area contributed by atoms with Crippen LogP contribution in [-0.4, -0.2) is 58.8 Å².